The van der Waals surface area contributed by atoms with E-state index in [9.17, 15) is 0 Å². The molecule has 0 saturated heterocycles. The van der Waals surface area contributed by atoms with Crippen LogP contribution in [0.1, 0.15) is 18.9 Å². The summed E-state index contributed by atoms with van der Waals surface area (Å²) in [4.78, 5) is 4.31. The van der Waals surface area contributed by atoms with Crippen LogP contribution in [0.3, 0.4) is 0 Å². The van der Waals surface area contributed by atoms with Crippen molar-refractivity contribution in [3.05, 3.63) is 22.3 Å². The summed E-state index contributed by atoms with van der Waals surface area (Å²) in [6.45, 7) is 6.26. The Morgan fingerprint density at radius 3 is 2.85 bits per heavy atom. The topological polar surface area (TPSA) is 52.6 Å². The van der Waals surface area contributed by atoms with Crippen molar-refractivity contribution >= 4 is 15.9 Å². The average molecular weight is 347 g/mol. The SMILES string of the molecule is CCNCc1cc(Br)cnc1OCCCOCCOC. The first kappa shape index (κ1) is 17.4. The highest BCUT2D eigenvalue weighted by atomic mass is 79.9. The van der Waals surface area contributed by atoms with Crippen molar-refractivity contribution in [1.29, 1.82) is 0 Å². The van der Waals surface area contributed by atoms with Crippen molar-refractivity contribution in [3.8, 4) is 5.88 Å². The molecule has 1 N–H and O–H groups in total. The van der Waals surface area contributed by atoms with E-state index in [1.807, 2.05) is 6.07 Å². The van der Waals surface area contributed by atoms with Crippen molar-refractivity contribution in [2.24, 2.45) is 0 Å². The van der Waals surface area contributed by atoms with E-state index in [0.29, 0.717) is 32.3 Å². The predicted molar refractivity (Wildman–Crippen MR) is 82.1 cm³/mol. The molecule has 0 aliphatic rings. The van der Waals surface area contributed by atoms with E-state index in [2.05, 4.69) is 33.2 Å². The van der Waals surface area contributed by atoms with Crippen LogP contribution in [0.15, 0.2) is 16.7 Å². The number of nitrogens with one attached hydrogen (secondary N) is 1. The van der Waals surface area contributed by atoms with E-state index in [4.69, 9.17) is 14.2 Å². The normalized spacial score (nSPS) is 10.8. The fourth-order valence-corrected chi connectivity index (χ4v) is 1.94. The third-order valence-electron chi connectivity index (χ3n) is 2.56. The van der Waals surface area contributed by atoms with Crippen molar-refractivity contribution in [1.82, 2.24) is 10.3 Å². The largest absolute Gasteiger partial charge is 0.477 e. The molecule has 0 atom stereocenters. The van der Waals surface area contributed by atoms with Crippen LogP contribution in [0.25, 0.3) is 0 Å². The van der Waals surface area contributed by atoms with Gasteiger partial charge in [0, 0.05) is 42.9 Å². The number of pyridine rings is 1. The second-order valence-corrected chi connectivity index (χ2v) is 5.12. The lowest BCUT2D eigenvalue weighted by atomic mass is 10.2. The van der Waals surface area contributed by atoms with Gasteiger partial charge in [0.1, 0.15) is 0 Å². The van der Waals surface area contributed by atoms with Crippen LogP contribution < -0.4 is 10.1 Å². The third kappa shape index (κ3) is 7.19. The summed E-state index contributed by atoms with van der Waals surface area (Å²) in [5, 5.41) is 3.28. The van der Waals surface area contributed by atoms with Crippen LogP contribution in [-0.2, 0) is 16.0 Å². The highest BCUT2D eigenvalue weighted by molar-refractivity contribution is 9.10. The molecule has 1 aromatic heterocycles. The molecule has 5 nitrogen and oxygen atoms in total. The Hall–Kier alpha value is -0.690. The van der Waals surface area contributed by atoms with Gasteiger partial charge in [-0.3, -0.25) is 0 Å². The second-order valence-electron chi connectivity index (χ2n) is 4.21. The summed E-state index contributed by atoms with van der Waals surface area (Å²) in [5.41, 5.74) is 1.06. The van der Waals surface area contributed by atoms with Crippen LogP contribution in [0.5, 0.6) is 5.88 Å². The molecule has 0 amide bonds. The molecule has 1 heterocycles. The second kappa shape index (κ2) is 11.0. The minimum atomic E-state index is 0.598. The monoisotopic (exact) mass is 346 g/mol. The molecule has 0 aliphatic heterocycles. The van der Waals surface area contributed by atoms with Crippen LogP contribution in [0, 0.1) is 0 Å². The van der Waals surface area contributed by atoms with E-state index < -0.39 is 0 Å². The van der Waals surface area contributed by atoms with Gasteiger partial charge in [-0.05, 0) is 28.5 Å². The number of hydrogen-bond acceptors (Lipinski definition) is 5. The van der Waals surface area contributed by atoms with Gasteiger partial charge in [0.2, 0.25) is 5.88 Å². The molecule has 0 aromatic carbocycles. The Bertz CT molecular complexity index is 377. The fourth-order valence-electron chi connectivity index (χ4n) is 1.56. The first-order chi connectivity index (χ1) is 9.77. The highest BCUT2D eigenvalue weighted by Gasteiger charge is 2.06. The Morgan fingerprint density at radius 2 is 2.10 bits per heavy atom. The van der Waals surface area contributed by atoms with Crippen LogP contribution >= 0.6 is 15.9 Å². The van der Waals surface area contributed by atoms with Gasteiger partial charge in [-0.25, -0.2) is 4.98 Å². The number of hydrogen-bond donors (Lipinski definition) is 1. The molecular weight excluding hydrogens is 324 g/mol. The summed E-state index contributed by atoms with van der Waals surface area (Å²) in [6, 6.07) is 2.03. The Morgan fingerprint density at radius 1 is 1.25 bits per heavy atom. The quantitative estimate of drug-likeness (QED) is 0.623. The molecule has 0 radical (unpaired) electrons. The lowest BCUT2D eigenvalue weighted by Crippen LogP contribution is -2.14. The first-order valence-corrected chi connectivity index (χ1v) is 7.61. The van der Waals surface area contributed by atoms with Gasteiger partial charge in [0.25, 0.3) is 0 Å². The maximum absolute atomic E-state index is 5.71. The zero-order valence-corrected chi connectivity index (χ0v) is 13.7. The molecule has 0 unspecified atom stereocenters. The van der Waals surface area contributed by atoms with Gasteiger partial charge in [-0.15, -0.1) is 0 Å². The number of nitrogens with zero attached hydrogens (tertiary/aromatic N) is 1. The van der Waals surface area contributed by atoms with E-state index in [0.717, 1.165) is 29.5 Å². The van der Waals surface area contributed by atoms with Crippen LogP contribution in [0.2, 0.25) is 0 Å². The van der Waals surface area contributed by atoms with Gasteiger partial charge < -0.3 is 19.5 Å². The molecule has 0 aliphatic carbocycles. The van der Waals surface area contributed by atoms with E-state index in [1.165, 1.54) is 0 Å². The maximum atomic E-state index is 5.71. The number of rotatable bonds is 11. The zero-order chi connectivity index (χ0) is 14.6. The summed E-state index contributed by atoms with van der Waals surface area (Å²) in [5.74, 6) is 0.686. The van der Waals surface area contributed by atoms with Crippen molar-refractivity contribution in [2.45, 2.75) is 19.9 Å². The average Bonchev–Trinajstić information content (AvgIpc) is 2.45. The summed E-state index contributed by atoms with van der Waals surface area (Å²) < 4.78 is 17.0. The molecule has 0 spiro atoms. The molecule has 6 heteroatoms. The van der Waals surface area contributed by atoms with Gasteiger partial charge in [-0.1, -0.05) is 6.92 Å². The lowest BCUT2D eigenvalue weighted by Gasteiger charge is -2.11. The zero-order valence-electron chi connectivity index (χ0n) is 12.2. The molecule has 114 valence electrons. The van der Waals surface area contributed by atoms with Crippen LogP contribution in [-0.4, -0.2) is 45.1 Å². The highest BCUT2D eigenvalue weighted by Crippen LogP contribution is 2.20. The predicted octanol–water partition coefficient (Wildman–Crippen LogP) is 2.39. The first-order valence-electron chi connectivity index (χ1n) is 6.82. The van der Waals surface area contributed by atoms with Crippen molar-refractivity contribution < 1.29 is 14.2 Å². The number of ether oxygens (including phenoxy) is 3. The lowest BCUT2D eigenvalue weighted by molar-refractivity contribution is 0.0641. The fraction of sp³-hybridized carbons (Fsp3) is 0.643. The van der Waals surface area contributed by atoms with Crippen LogP contribution in [0.4, 0.5) is 0 Å². The van der Waals surface area contributed by atoms with E-state index in [1.54, 1.807) is 13.3 Å². The maximum Gasteiger partial charge on any atom is 0.217 e. The molecule has 0 saturated carbocycles. The Balaban J connectivity index is 2.31. The number of halogens is 1. The molecule has 0 fully saturated rings. The van der Waals surface area contributed by atoms with E-state index >= 15 is 0 Å². The van der Waals surface area contributed by atoms with Gasteiger partial charge >= 0.3 is 0 Å². The number of methoxy groups -OCH3 is 1. The third-order valence-corrected chi connectivity index (χ3v) is 2.99. The van der Waals surface area contributed by atoms with Gasteiger partial charge in [-0.2, -0.15) is 0 Å². The smallest absolute Gasteiger partial charge is 0.217 e. The minimum absolute atomic E-state index is 0.598. The Kier molecular flexibility index (Phi) is 9.57. The summed E-state index contributed by atoms with van der Waals surface area (Å²) in [7, 11) is 1.66. The molecule has 20 heavy (non-hydrogen) atoms. The van der Waals surface area contributed by atoms with E-state index in [-0.39, 0.29) is 0 Å². The summed E-state index contributed by atoms with van der Waals surface area (Å²) in [6.07, 6.45) is 2.59. The standard InChI is InChI=1S/C14H23BrN2O3/c1-3-16-10-12-9-13(15)11-17-14(12)20-6-4-5-19-8-7-18-2/h9,11,16H,3-8,10H2,1-2H3. The minimum Gasteiger partial charge on any atom is -0.477 e. The van der Waals surface area contributed by atoms with Gasteiger partial charge in [0.15, 0.2) is 0 Å². The van der Waals surface area contributed by atoms with Gasteiger partial charge in [0.05, 0.1) is 19.8 Å². The Labute approximate surface area is 129 Å². The van der Waals surface area contributed by atoms with Crippen molar-refractivity contribution in [2.75, 3.05) is 40.1 Å². The molecular formula is C14H23BrN2O3. The summed E-state index contributed by atoms with van der Waals surface area (Å²) >= 11 is 3.43. The molecule has 1 rings (SSSR count). The molecule has 0 bridgehead atoms. The van der Waals surface area contributed by atoms with Crippen molar-refractivity contribution in [3.63, 3.8) is 0 Å². The number of aromatic nitrogens is 1. The molecule has 1 aromatic rings.